The number of Topliss-reactive ketones (excluding diaryl/α,β-unsaturated/α-hetero) is 1. The van der Waals surface area contributed by atoms with Crippen LogP contribution >= 0.6 is 0 Å². The summed E-state index contributed by atoms with van der Waals surface area (Å²) in [5, 5.41) is 0. The van der Waals surface area contributed by atoms with Gasteiger partial charge in [-0.15, -0.1) is 0 Å². The van der Waals surface area contributed by atoms with Crippen LogP contribution in [0.2, 0.25) is 0 Å². The van der Waals surface area contributed by atoms with Gasteiger partial charge in [-0.3, -0.25) is 4.79 Å². The third-order valence-electron chi connectivity index (χ3n) is 3.29. The zero-order chi connectivity index (χ0) is 12.3. The lowest BCUT2D eigenvalue weighted by atomic mass is 10.0. The number of aromatic nitrogens is 1. The number of hydrogen-bond acceptors (Lipinski definition) is 2. The first-order chi connectivity index (χ1) is 8.16. The molecule has 0 spiro atoms. The van der Waals surface area contributed by atoms with Crippen molar-refractivity contribution in [2.45, 2.75) is 45.8 Å². The van der Waals surface area contributed by atoms with Crippen molar-refractivity contribution in [2.75, 3.05) is 6.61 Å². The summed E-state index contributed by atoms with van der Waals surface area (Å²) in [7, 11) is 0. The summed E-state index contributed by atoms with van der Waals surface area (Å²) < 4.78 is 7.68. The largest absolute Gasteiger partial charge is 0.378 e. The molecule has 3 nitrogen and oxygen atoms in total. The van der Waals surface area contributed by atoms with Crippen molar-refractivity contribution in [3.05, 3.63) is 24.0 Å². The first-order valence-electron chi connectivity index (χ1n) is 6.48. The zero-order valence-electron chi connectivity index (χ0n) is 10.7. The van der Waals surface area contributed by atoms with E-state index in [0.717, 1.165) is 25.1 Å². The lowest BCUT2D eigenvalue weighted by Gasteiger charge is -2.09. The Morgan fingerprint density at radius 1 is 1.59 bits per heavy atom. The van der Waals surface area contributed by atoms with E-state index in [-0.39, 0.29) is 11.7 Å². The number of ketones is 1. The van der Waals surface area contributed by atoms with Crippen LogP contribution in [0.3, 0.4) is 0 Å². The molecule has 1 aliphatic heterocycles. The fraction of sp³-hybridized carbons (Fsp3) is 0.643. The molecule has 0 saturated carbocycles. The van der Waals surface area contributed by atoms with Gasteiger partial charge in [0.1, 0.15) is 0 Å². The molecule has 1 fully saturated rings. The Hall–Kier alpha value is -1.09. The summed E-state index contributed by atoms with van der Waals surface area (Å²) in [6.07, 6.45) is 7.78. The first-order valence-corrected chi connectivity index (χ1v) is 6.48. The summed E-state index contributed by atoms with van der Waals surface area (Å²) >= 11 is 0. The summed E-state index contributed by atoms with van der Waals surface area (Å²) in [6.45, 7) is 5.72. The topological polar surface area (TPSA) is 31.2 Å². The second-order valence-corrected chi connectivity index (χ2v) is 5.08. The van der Waals surface area contributed by atoms with Crippen LogP contribution in [0.5, 0.6) is 0 Å². The van der Waals surface area contributed by atoms with Crippen molar-refractivity contribution in [1.82, 2.24) is 4.57 Å². The Bertz CT molecular complexity index is 375. The molecule has 0 N–H and O–H groups in total. The van der Waals surface area contributed by atoms with Crippen LogP contribution in [-0.4, -0.2) is 23.1 Å². The van der Waals surface area contributed by atoms with Crippen molar-refractivity contribution in [2.24, 2.45) is 5.92 Å². The quantitative estimate of drug-likeness (QED) is 0.735. The molecule has 1 saturated heterocycles. The molecule has 0 aromatic carbocycles. The van der Waals surface area contributed by atoms with Gasteiger partial charge in [0.25, 0.3) is 0 Å². The van der Waals surface area contributed by atoms with Crippen molar-refractivity contribution in [1.29, 1.82) is 0 Å². The number of carbonyl (C=O) groups is 1. The maximum absolute atomic E-state index is 11.8. The first kappa shape index (κ1) is 12.4. The minimum absolute atomic E-state index is 0.0732. The molecule has 3 heteroatoms. The average molecular weight is 235 g/mol. The molecular formula is C14H21NO2. The highest BCUT2D eigenvalue weighted by atomic mass is 16.5. The van der Waals surface area contributed by atoms with Crippen molar-refractivity contribution in [3.8, 4) is 0 Å². The van der Waals surface area contributed by atoms with E-state index >= 15 is 0 Å². The van der Waals surface area contributed by atoms with E-state index in [9.17, 15) is 4.79 Å². The Morgan fingerprint density at radius 3 is 3.06 bits per heavy atom. The van der Waals surface area contributed by atoms with E-state index in [1.165, 1.54) is 12.8 Å². The molecule has 2 rings (SSSR count). The molecule has 0 aliphatic carbocycles. The van der Waals surface area contributed by atoms with Gasteiger partial charge in [-0.25, -0.2) is 0 Å². The van der Waals surface area contributed by atoms with E-state index in [0.29, 0.717) is 6.10 Å². The summed E-state index contributed by atoms with van der Waals surface area (Å²) in [6, 6.07) is 1.91. The molecular weight excluding hydrogens is 214 g/mol. The van der Waals surface area contributed by atoms with E-state index in [1.807, 2.05) is 32.3 Å². The summed E-state index contributed by atoms with van der Waals surface area (Å²) in [5.41, 5.74) is 0.826. The number of aryl methyl sites for hydroxylation is 1. The maximum atomic E-state index is 11.8. The Labute approximate surface area is 103 Å². The Kier molecular flexibility index (Phi) is 4.00. The highest BCUT2D eigenvalue weighted by molar-refractivity contribution is 5.97. The van der Waals surface area contributed by atoms with Crippen LogP contribution in [0, 0.1) is 5.92 Å². The van der Waals surface area contributed by atoms with Gasteiger partial charge in [0, 0.05) is 37.0 Å². The molecule has 1 aliphatic rings. The van der Waals surface area contributed by atoms with Gasteiger partial charge in [-0.2, -0.15) is 0 Å². The smallest absolute Gasteiger partial charge is 0.166 e. The molecule has 17 heavy (non-hydrogen) atoms. The van der Waals surface area contributed by atoms with E-state index in [4.69, 9.17) is 4.74 Å². The third kappa shape index (κ3) is 3.19. The van der Waals surface area contributed by atoms with E-state index in [1.54, 1.807) is 0 Å². The second-order valence-electron chi connectivity index (χ2n) is 5.08. The summed E-state index contributed by atoms with van der Waals surface area (Å²) in [4.78, 5) is 11.8. The van der Waals surface area contributed by atoms with Crippen molar-refractivity contribution >= 4 is 5.78 Å². The highest BCUT2D eigenvalue weighted by Crippen LogP contribution is 2.16. The van der Waals surface area contributed by atoms with Gasteiger partial charge in [0.15, 0.2) is 5.78 Å². The Morgan fingerprint density at radius 2 is 2.41 bits per heavy atom. The second kappa shape index (κ2) is 5.50. The van der Waals surface area contributed by atoms with Crippen LogP contribution in [0.25, 0.3) is 0 Å². The van der Waals surface area contributed by atoms with Crippen molar-refractivity contribution in [3.63, 3.8) is 0 Å². The number of hydrogen-bond donors (Lipinski definition) is 0. The van der Waals surface area contributed by atoms with E-state index in [2.05, 4.69) is 4.57 Å². The molecule has 1 aromatic heterocycles. The average Bonchev–Trinajstić information content (AvgIpc) is 2.96. The number of ether oxygens (including phenoxy) is 1. The molecule has 2 heterocycles. The van der Waals surface area contributed by atoms with Crippen LogP contribution < -0.4 is 0 Å². The molecule has 1 unspecified atom stereocenters. The lowest BCUT2D eigenvalue weighted by Crippen LogP contribution is -2.09. The predicted octanol–water partition coefficient (Wildman–Crippen LogP) is 2.90. The fourth-order valence-corrected chi connectivity index (χ4v) is 2.22. The van der Waals surface area contributed by atoms with Crippen LogP contribution in [-0.2, 0) is 11.3 Å². The molecule has 0 bridgehead atoms. The maximum Gasteiger partial charge on any atom is 0.166 e. The lowest BCUT2D eigenvalue weighted by molar-refractivity contribution is 0.0939. The summed E-state index contributed by atoms with van der Waals surface area (Å²) in [5.74, 6) is 0.296. The Balaban J connectivity index is 1.87. The third-order valence-corrected chi connectivity index (χ3v) is 3.29. The monoisotopic (exact) mass is 235 g/mol. The predicted molar refractivity (Wildman–Crippen MR) is 67.2 cm³/mol. The molecule has 94 valence electrons. The van der Waals surface area contributed by atoms with Gasteiger partial charge in [0.2, 0.25) is 0 Å². The van der Waals surface area contributed by atoms with Crippen LogP contribution in [0.4, 0.5) is 0 Å². The minimum atomic E-state index is 0.0732. The SMILES string of the molecule is CC(C)C(=O)c1ccn(CCC2CCCO2)c1. The van der Waals surface area contributed by atoms with Gasteiger partial charge < -0.3 is 9.30 Å². The molecule has 1 atom stereocenters. The molecule has 0 radical (unpaired) electrons. The normalized spacial score (nSPS) is 20.1. The standard InChI is InChI=1S/C14H21NO2/c1-11(2)14(16)12-5-7-15(10-12)8-6-13-4-3-9-17-13/h5,7,10-11,13H,3-4,6,8-9H2,1-2H3. The number of carbonyl (C=O) groups excluding carboxylic acids is 1. The fourth-order valence-electron chi connectivity index (χ4n) is 2.22. The van der Waals surface area contributed by atoms with E-state index < -0.39 is 0 Å². The van der Waals surface area contributed by atoms with Crippen LogP contribution in [0.1, 0.15) is 43.5 Å². The number of nitrogens with zero attached hydrogens (tertiary/aromatic N) is 1. The van der Waals surface area contributed by atoms with Gasteiger partial charge >= 0.3 is 0 Å². The van der Waals surface area contributed by atoms with Crippen molar-refractivity contribution < 1.29 is 9.53 Å². The zero-order valence-corrected chi connectivity index (χ0v) is 10.7. The van der Waals surface area contributed by atoms with Crippen LogP contribution in [0.15, 0.2) is 18.5 Å². The van der Waals surface area contributed by atoms with Gasteiger partial charge in [-0.05, 0) is 25.3 Å². The van der Waals surface area contributed by atoms with Gasteiger partial charge in [0.05, 0.1) is 6.10 Å². The molecule has 0 amide bonds. The molecule has 1 aromatic rings. The highest BCUT2D eigenvalue weighted by Gasteiger charge is 2.16. The van der Waals surface area contributed by atoms with Gasteiger partial charge in [-0.1, -0.05) is 13.8 Å². The number of rotatable bonds is 5. The minimum Gasteiger partial charge on any atom is -0.378 e.